The molecule has 0 aliphatic carbocycles. The zero-order valence-corrected chi connectivity index (χ0v) is 13.1. The van der Waals surface area contributed by atoms with Gasteiger partial charge in [0.1, 0.15) is 5.75 Å². The number of aliphatic hydroxyl groups excluding tert-OH is 1. The fraction of sp³-hybridized carbons (Fsp3) is 0.250. The van der Waals surface area contributed by atoms with Crippen LogP contribution in [0.1, 0.15) is 23.1 Å². The Bertz CT molecular complexity index is 619. The van der Waals surface area contributed by atoms with E-state index in [1.54, 1.807) is 25.3 Å². The van der Waals surface area contributed by atoms with Gasteiger partial charge in [0.2, 0.25) is 0 Å². The summed E-state index contributed by atoms with van der Waals surface area (Å²) in [7, 11) is 1.60. The maximum atomic E-state index is 10.6. The fourth-order valence-corrected chi connectivity index (χ4v) is 2.70. The van der Waals surface area contributed by atoms with Crippen molar-refractivity contribution in [1.29, 1.82) is 0 Å². The predicted molar refractivity (Wildman–Crippen MR) is 86.2 cm³/mol. The molecule has 2 aromatic rings. The molecule has 0 bridgehead atoms. The molecule has 0 spiro atoms. The molecule has 2 rings (SSSR count). The van der Waals surface area contributed by atoms with Crippen LogP contribution in [0.2, 0.25) is 10.0 Å². The van der Waals surface area contributed by atoms with Gasteiger partial charge in [0.25, 0.3) is 0 Å². The third-order valence-corrected chi connectivity index (χ3v) is 4.29. The van der Waals surface area contributed by atoms with Crippen molar-refractivity contribution in [2.45, 2.75) is 12.0 Å². The second kappa shape index (κ2) is 7.14. The van der Waals surface area contributed by atoms with Crippen LogP contribution >= 0.6 is 23.2 Å². The molecule has 0 aromatic heterocycles. The van der Waals surface area contributed by atoms with Crippen molar-refractivity contribution in [1.82, 2.24) is 0 Å². The Hall–Kier alpha value is -1.26. The average molecular weight is 326 g/mol. The van der Waals surface area contributed by atoms with E-state index in [4.69, 9.17) is 33.7 Å². The van der Waals surface area contributed by atoms with Crippen LogP contribution in [0, 0.1) is 0 Å². The second-order valence-corrected chi connectivity index (χ2v) is 5.49. The highest BCUT2D eigenvalue weighted by atomic mass is 35.5. The summed E-state index contributed by atoms with van der Waals surface area (Å²) in [5.41, 5.74) is 7.31. The fourth-order valence-electron chi connectivity index (χ4n) is 2.29. The lowest BCUT2D eigenvalue weighted by molar-refractivity contribution is 0.147. The summed E-state index contributed by atoms with van der Waals surface area (Å²) in [4.78, 5) is 0. The maximum Gasteiger partial charge on any atom is 0.119 e. The van der Waals surface area contributed by atoms with Crippen molar-refractivity contribution in [3.8, 4) is 5.75 Å². The average Bonchev–Trinajstić information content (AvgIpc) is 2.51. The Morgan fingerprint density at radius 1 is 1.19 bits per heavy atom. The molecule has 2 atom stereocenters. The van der Waals surface area contributed by atoms with E-state index in [0.717, 1.165) is 11.3 Å². The molecule has 21 heavy (non-hydrogen) atoms. The Balaban J connectivity index is 2.38. The molecule has 3 N–H and O–H groups in total. The summed E-state index contributed by atoms with van der Waals surface area (Å²) in [5, 5.41) is 11.4. The molecule has 0 heterocycles. The van der Waals surface area contributed by atoms with E-state index in [2.05, 4.69) is 0 Å². The molecule has 0 amide bonds. The molecule has 112 valence electrons. The molecule has 3 nitrogen and oxygen atoms in total. The third kappa shape index (κ3) is 3.50. The van der Waals surface area contributed by atoms with Crippen molar-refractivity contribution in [3.63, 3.8) is 0 Å². The summed E-state index contributed by atoms with van der Waals surface area (Å²) in [6.45, 7) is 0.275. The number of benzene rings is 2. The molecule has 0 saturated heterocycles. The summed E-state index contributed by atoms with van der Waals surface area (Å²) < 4.78 is 5.21. The zero-order valence-electron chi connectivity index (χ0n) is 11.6. The van der Waals surface area contributed by atoms with Gasteiger partial charge in [-0.3, -0.25) is 0 Å². The predicted octanol–water partition coefficient (Wildman–Crippen LogP) is 3.78. The smallest absolute Gasteiger partial charge is 0.119 e. The highest BCUT2D eigenvalue weighted by Gasteiger charge is 2.24. The molecule has 5 heteroatoms. The molecule has 0 aliphatic rings. The topological polar surface area (TPSA) is 55.5 Å². The van der Waals surface area contributed by atoms with E-state index in [9.17, 15) is 5.11 Å². The van der Waals surface area contributed by atoms with Crippen LogP contribution in [0.4, 0.5) is 0 Å². The highest BCUT2D eigenvalue weighted by molar-refractivity contribution is 6.42. The number of halogens is 2. The first-order chi connectivity index (χ1) is 10.1. The van der Waals surface area contributed by atoms with Crippen LogP contribution in [0.25, 0.3) is 0 Å². The number of ether oxygens (including phenoxy) is 1. The molecule has 2 unspecified atom stereocenters. The van der Waals surface area contributed by atoms with E-state index >= 15 is 0 Å². The summed E-state index contributed by atoms with van der Waals surface area (Å²) in [6.07, 6.45) is -0.840. The van der Waals surface area contributed by atoms with E-state index in [1.165, 1.54) is 0 Å². The number of aliphatic hydroxyl groups is 1. The Morgan fingerprint density at radius 3 is 2.57 bits per heavy atom. The van der Waals surface area contributed by atoms with Crippen molar-refractivity contribution in [2.75, 3.05) is 13.7 Å². The van der Waals surface area contributed by atoms with E-state index in [0.29, 0.717) is 15.6 Å². The summed E-state index contributed by atoms with van der Waals surface area (Å²) in [5.74, 6) is 0.423. The minimum atomic E-state index is -0.840. The van der Waals surface area contributed by atoms with Gasteiger partial charge >= 0.3 is 0 Å². The minimum absolute atomic E-state index is 0.275. The van der Waals surface area contributed by atoms with Crippen LogP contribution in [-0.4, -0.2) is 18.8 Å². The van der Waals surface area contributed by atoms with Gasteiger partial charge in [0, 0.05) is 18.0 Å². The van der Waals surface area contributed by atoms with Crippen LogP contribution < -0.4 is 10.5 Å². The molecule has 0 aliphatic heterocycles. The molecular weight excluding hydrogens is 309 g/mol. The minimum Gasteiger partial charge on any atom is -0.497 e. The van der Waals surface area contributed by atoms with Gasteiger partial charge in [-0.2, -0.15) is 0 Å². The van der Waals surface area contributed by atoms with Gasteiger partial charge in [0.15, 0.2) is 0 Å². The molecule has 0 fully saturated rings. The molecule has 0 radical (unpaired) electrons. The van der Waals surface area contributed by atoms with Crippen molar-refractivity contribution < 1.29 is 9.84 Å². The normalized spacial score (nSPS) is 13.8. The second-order valence-electron chi connectivity index (χ2n) is 4.71. The summed E-state index contributed by atoms with van der Waals surface area (Å²) >= 11 is 12.2. The first-order valence-corrected chi connectivity index (χ1v) is 7.30. The van der Waals surface area contributed by atoms with E-state index in [-0.39, 0.29) is 12.5 Å². The van der Waals surface area contributed by atoms with Crippen molar-refractivity contribution >= 4 is 23.2 Å². The third-order valence-electron chi connectivity index (χ3n) is 3.46. The number of methoxy groups -OCH3 is 1. The highest BCUT2D eigenvalue weighted by Crippen LogP contribution is 2.37. The monoisotopic (exact) mass is 325 g/mol. The first-order valence-electron chi connectivity index (χ1n) is 6.54. The lowest BCUT2D eigenvalue weighted by Gasteiger charge is -2.23. The lowest BCUT2D eigenvalue weighted by atomic mass is 9.89. The largest absolute Gasteiger partial charge is 0.497 e. The number of hydrogen-bond acceptors (Lipinski definition) is 3. The Labute approximate surface area is 134 Å². The number of rotatable bonds is 5. The SMILES string of the molecule is COc1cccc(C(CN)C(O)c2cccc(Cl)c2Cl)c1. The summed E-state index contributed by atoms with van der Waals surface area (Å²) in [6, 6.07) is 12.7. The van der Waals surface area contributed by atoms with Gasteiger partial charge in [-0.05, 0) is 23.8 Å². The standard InChI is InChI=1S/C16H17Cl2NO2/c1-21-11-5-2-4-10(8-11)13(9-19)16(20)12-6-3-7-14(17)15(12)18/h2-8,13,16,20H,9,19H2,1H3. The Morgan fingerprint density at radius 2 is 1.90 bits per heavy atom. The van der Waals surface area contributed by atoms with Gasteiger partial charge in [0.05, 0.1) is 23.3 Å². The Kier molecular flexibility index (Phi) is 5.48. The van der Waals surface area contributed by atoms with Crippen LogP contribution in [0.5, 0.6) is 5.75 Å². The van der Waals surface area contributed by atoms with Crippen molar-refractivity contribution in [2.24, 2.45) is 5.73 Å². The zero-order chi connectivity index (χ0) is 15.4. The first kappa shape index (κ1) is 16.1. The van der Waals surface area contributed by atoms with Gasteiger partial charge in [-0.15, -0.1) is 0 Å². The van der Waals surface area contributed by atoms with Crippen LogP contribution in [0.3, 0.4) is 0 Å². The molecule has 0 saturated carbocycles. The lowest BCUT2D eigenvalue weighted by Crippen LogP contribution is -2.20. The number of nitrogens with two attached hydrogens (primary N) is 1. The maximum absolute atomic E-state index is 10.6. The van der Waals surface area contributed by atoms with Crippen LogP contribution in [-0.2, 0) is 0 Å². The quantitative estimate of drug-likeness (QED) is 0.879. The van der Waals surface area contributed by atoms with Crippen LogP contribution in [0.15, 0.2) is 42.5 Å². The molecular formula is C16H17Cl2NO2. The van der Waals surface area contributed by atoms with Gasteiger partial charge in [-0.1, -0.05) is 47.5 Å². The van der Waals surface area contributed by atoms with Gasteiger partial charge < -0.3 is 15.6 Å². The van der Waals surface area contributed by atoms with Crippen molar-refractivity contribution in [3.05, 3.63) is 63.6 Å². The molecule has 2 aromatic carbocycles. The van der Waals surface area contributed by atoms with Gasteiger partial charge in [-0.25, -0.2) is 0 Å². The number of hydrogen-bond donors (Lipinski definition) is 2. The van der Waals surface area contributed by atoms with E-state index in [1.807, 2.05) is 24.3 Å². The van der Waals surface area contributed by atoms with E-state index < -0.39 is 6.10 Å².